The smallest absolute Gasteiger partial charge is 0.253 e. The molecular formula is C21H20ClN3O3. The van der Waals surface area contributed by atoms with Gasteiger partial charge in [0.15, 0.2) is 5.78 Å². The van der Waals surface area contributed by atoms with Crippen LogP contribution in [0, 0.1) is 0 Å². The van der Waals surface area contributed by atoms with Gasteiger partial charge in [0.2, 0.25) is 0 Å². The Bertz CT molecular complexity index is 952. The summed E-state index contributed by atoms with van der Waals surface area (Å²) in [5.74, 6) is 0.319. The minimum absolute atomic E-state index is 0.00117. The zero-order valence-corrected chi connectivity index (χ0v) is 16.0. The molecule has 6 nitrogen and oxygen atoms in total. The van der Waals surface area contributed by atoms with Gasteiger partial charge < -0.3 is 10.1 Å². The minimum Gasteiger partial charge on any atom is -0.488 e. The number of amides is 1. The number of carbonyl (C=O) groups is 2. The molecule has 0 radical (unpaired) electrons. The lowest BCUT2D eigenvalue weighted by Gasteiger charge is -2.16. The number of hydrogen-bond donors (Lipinski definition) is 1. The van der Waals surface area contributed by atoms with Gasteiger partial charge in [0.25, 0.3) is 5.91 Å². The van der Waals surface area contributed by atoms with E-state index >= 15 is 0 Å². The molecule has 1 amide bonds. The average molecular weight is 398 g/mol. The van der Waals surface area contributed by atoms with Crippen LogP contribution < -0.4 is 10.1 Å². The summed E-state index contributed by atoms with van der Waals surface area (Å²) in [4.78, 5) is 33.2. The van der Waals surface area contributed by atoms with Gasteiger partial charge in [-0.1, -0.05) is 24.4 Å². The second-order valence-corrected chi connectivity index (χ2v) is 7.46. The first-order valence-corrected chi connectivity index (χ1v) is 9.75. The summed E-state index contributed by atoms with van der Waals surface area (Å²) in [6.45, 7) is 0.158. The second-order valence-electron chi connectivity index (χ2n) is 7.06. The maximum Gasteiger partial charge on any atom is 0.253 e. The molecular weight excluding hydrogens is 378 g/mol. The number of carbonyl (C=O) groups excluding carboxylic acids is 2. The van der Waals surface area contributed by atoms with E-state index in [1.165, 1.54) is 0 Å². The molecule has 1 aliphatic heterocycles. The van der Waals surface area contributed by atoms with Crippen molar-refractivity contribution < 1.29 is 14.3 Å². The maximum absolute atomic E-state index is 12.5. The van der Waals surface area contributed by atoms with E-state index in [-0.39, 0.29) is 30.8 Å². The summed E-state index contributed by atoms with van der Waals surface area (Å²) in [5, 5.41) is 3.41. The van der Waals surface area contributed by atoms with E-state index in [0.717, 1.165) is 25.7 Å². The average Bonchev–Trinajstić information content (AvgIpc) is 3.20. The fourth-order valence-corrected chi connectivity index (χ4v) is 3.76. The number of ketones is 1. The van der Waals surface area contributed by atoms with Crippen LogP contribution in [0.15, 0.2) is 41.7 Å². The molecule has 1 aliphatic carbocycles. The standard InChI is InChI=1S/C21H20ClN3O3/c22-18-6-5-15(10-17(18)21(27)25-13-3-1-2-4-13)28-12-14-9-20(26)16-7-8-23-11-19(16)24-14/h5-8,10-11,13H,1-4,9,12H2,(H,25,27). The lowest BCUT2D eigenvalue weighted by Crippen LogP contribution is -2.32. The van der Waals surface area contributed by atoms with Gasteiger partial charge in [-0.2, -0.15) is 0 Å². The van der Waals surface area contributed by atoms with Crippen LogP contribution >= 0.6 is 11.6 Å². The van der Waals surface area contributed by atoms with E-state index in [9.17, 15) is 9.59 Å². The third-order valence-corrected chi connectivity index (χ3v) is 5.35. The molecule has 2 aliphatic rings. The van der Waals surface area contributed by atoms with Crippen molar-refractivity contribution in [3.05, 3.63) is 52.8 Å². The Hall–Kier alpha value is -2.73. The summed E-state index contributed by atoms with van der Waals surface area (Å²) in [5.41, 5.74) is 2.15. The number of benzene rings is 1. The predicted molar refractivity (Wildman–Crippen MR) is 107 cm³/mol. The topological polar surface area (TPSA) is 80.7 Å². The Labute approximate surface area is 168 Å². The van der Waals surface area contributed by atoms with E-state index in [1.54, 1.807) is 36.7 Å². The van der Waals surface area contributed by atoms with E-state index < -0.39 is 0 Å². The van der Waals surface area contributed by atoms with Gasteiger partial charge in [0, 0.05) is 17.8 Å². The van der Waals surface area contributed by atoms with Gasteiger partial charge in [-0.15, -0.1) is 0 Å². The third-order valence-electron chi connectivity index (χ3n) is 5.02. The number of rotatable bonds is 5. The van der Waals surface area contributed by atoms with Crippen LogP contribution in [0.25, 0.3) is 0 Å². The first-order chi connectivity index (χ1) is 13.6. The van der Waals surface area contributed by atoms with Crippen molar-refractivity contribution >= 4 is 34.7 Å². The SMILES string of the molecule is O=C(NC1CCCC1)c1cc(OCC2=Nc3cnccc3C(=O)C2)ccc1Cl. The van der Waals surface area contributed by atoms with Gasteiger partial charge in [-0.25, -0.2) is 0 Å². The number of ether oxygens (including phenoxy) is 1. The molecule has 4 rings (SSSR count). The van der Waals surface area contributed by atoms with Crippen LogP contribution in [-0.4, -0.2) is 35.0 Å². The number of nitrogens with one attached hydrogen (secondary N) is 1. The Morgan fingerprint density at radius 3 is 2.89 bits per heavy atom. The fourth-order valence-electron chi connectivity index (χ4n) is 3.55. The highest BCUT2D eigenvalue weighted by Crippen LogP contribution is 2.26. The van der Waals surface area contributed by atoms with Crippen molar-refractivity contribution in [2.45, 2.75) is 38.1 Å². The summed E-state index contributed by atoms with van der Waals surface area (Å²) >= 11 is 6.21. The molecule has 1 aromatic heterocycles. The Morgan fingerprint density at radius 2 is 2.07 bits per heavy atom. The first-order valence-electron chi connectivity index (χ1n) is 9.37. The van der Waals surface area contributed by atoms with Crippen molar-refractivity contribution in [2.24, 2.45) is 4.99 Å². The number of hydrogen-bond acceptors (Lipinski definition) is 5. The number of Topliss-reactive ketones (excluding diaryl/α,β-unsaturated/α-hetero) is 1. The highest BCUT2D eigenvalue weighted by atomic mass is 35.5. The minimum atomic E-state index is -0.187. The molecule has 2 heterocycles. The highest BCUT2D eigenvalue weighted by molar-refractivity contribution is 6.33. The lowest BCUT2D eigenvalue weighted by atomic mass is 10.0. The van der Waals surface area contributed by atoms with Crippen molar-refractivity contribution in [3.8, 4) is 5.75 Å². The summed E-state index contributed by atoms with van der Waals surface area (Å²) < 4.78 is 5.78. The number of nitrogens with zero attached hydrogens (tertiary/aromatic N) is 2. The molecule has 0 bridgehead atoms. The maximum atomic E-state index is 12.5. The molecule has 1 saturated carbocycles. The van der Waals surface area contributed by atoms with Crippen LogP contribution in [0.1, 0.15) is 52.8 Å². The predicted octanol–water partition coefficient (Wildman–Crippen LogP) is 4.15. The molecule has 0 spiro atoms. The second kappa shape index (κ2) is 8.10. The zero-order valence-electron chi connectivity index (χ0n) is 15.3. The highest BCUT2D eigenvalue weighted by Gasteiger charge is 2.22. The van der Waals surface area contributed by atoms with Crippen LogP contribution in [0.3, 0.4) is 0 Å². The number of aromatic nitrogens is 1. The number of fused-ring (bicyclic) bond motifs is 1. The van der Waals surface area contributed by atoms with Crippen molar-refractivity contribution in [1.29, 1.82) is 0 Å². The molecule has 0 saturated heterocycles. The quantitative estimate of drug-likeness (QED) is 0.821. The molecule has 0 unspecified atom stereocenters. The summed E-state index contributed by atoms with van der Waals surface area (Å²) in [7, 11) is 0. The number of aliphatic imine (C=N–C) groups is 1. The molecule has 1 N–H and O–H groups in total. The monoisotopic (exact) mass is 397 g/mol. The van der Waals surface area contributed by atoms with Gasteiger partial charge in [0.1, 0.15) is 12.4 Å². The van der Waals surface area contributed by atoms with E-state index in [1.807, 2.05) is 0 Å². The van der Waals surface area contributed by atoms with Crippen LogP contribution in [0.5, 0.6) is 5.75 Å². The first kappa shape index (κ1) is 18.6. The van der Waals surface area contributed by atoms with Gasteiger partial charge in [0.05, 0.1) is 34.6 Å². The van der Waals surface area contributed by atoms with Gasteiger partial charge >= 0.3 is 0 Å². The van der Waals surface area contributed by atoms with E-state index in [2.05, 4.69) is 15.3 Å². The summed E-state index contributed by atoms with van der Waals surface area (Å²) in [6, 6.07) is 6.87. The Morgan fingerprint density at radius 1 is 1.25 bits per heavy atom. The molecule has 1 aromatic carbocycles. The largest absolute Gasteiger partial charge is 0.488 e. The van der Waals surface area contributed by atoms with Crippen molar-refractivity contribution in [1.82, 2.24) is 10.3 Å². The number of halogens is 1. The van der Waals surface area contributed by atoms with E-state index in [0.29, 0.717) is 33.3 Å². The fraction of sp³-hybridized carbons (Fsp3) is 0.333. The molecule has 7 heteroatoms. The van der Waals surface area contributed by atoms with Crippen molar-refractivity contribution in [2.75, 3.05) is 6.61 Å². The lowest BCUT2D eigenvalue weighted by molar-refractivity contribution is 0.0936. The number of pyridine rings is 1. The van der Waals surface area contributed by atoms with Gasteiger partial charge in [-0.3, -0.25) is 19.6 Å². The van der Waals surface area contributed by atoms with Crippen molar-refractivity contribution in [3.63, 3.8) is 0 Å². The zero-order chi connectivity index (χ0) is 19.5. The Kier molecular flexibility index (Phi) is 5.39. The molecule has 28 heavy (non-hydrogen) atoms. The van der Waals surface area contributed by atoms with Crippen LogP contribution in [0.4, 0.5) is 5.69 Å². The third kappa shape index (κ3) is 4.07. The van der Waals surface area contributed by atoms with Crippen LogP contribution in [0.2, 0.25) is 5.02 Å². The molecule has 0 atom stereocenters. The summed E-state index contributed by atoms with van der Waals surface area (Å²) in [6.07, 6.45) is 7.65. The molecule has 1 fully saturated rings. The molecule has 144 valence electrons. The van der Waals surface area contributed by atoms with Gasteiger partial charge in [-0.05, 0) is 37.1 Å². The Balaban J connectivity index is 1.45. The van der Waals surface area contributed by atoms with E-state index in [4.69, 9.17) is 16.3 Å². The normalized spacial score (nSPS) is 16.5. The molecule has 2 aromatic rings. The van der Waals surface area contributed by atoms with Crippen LogP contribution in [-0.2, 0) is 0 Å².